The lowest BCUT2D eigenvalue weighted by atomic mass is 9.88. The van der Waals surface area contributed by atoms with Gasteiger partial charge in [-0.3, -0.25) is 4.68 Å². The van der Waals surface area contributed by atoms with Crippen molar-refractivity contribution >= 4 is 5.78 Å². The second kappa shape index (κ2) is 9.03. The van der Waals surface area contributed by atoms with Gasteiger partial charge in [-0.1, -0.05) is 46.8 Å². The fourth-order valence-corrected chi connectivity index (χ4v) is 2.29. The number of ketones is 1. The van der Waals surface area contributed by atoms with Gasteiger partial charge in [-0.25, -0.2) is 0 Å². The molecule has 0 aliphatic rings. The standard InChI is InChI=1S/C15H27N3O2.C2H6/c1-12-8-18(17-16-12)9-15(5,6)11-20-10-14(3,4)7-13(2)19;1-2/h8H,7,9-11H2,1-6H3;1-2H3. The van der Waals surface area contributed by atoms with Gasteiger partial charge in [0.2, 0.25) is 0 Å². The van der Waals surface area contributed by atoms with E-state index >= 15 is 0 Å². The lowest BCUT2D eigenvalue weighted by Gasteiger charge is -2.28. The molecule has 128 valence electrons. The van der Waals surface area contributed by atoms with Gasteiger partial charge in [0.15, 0.2) is 0 Å². The Morgan fingerprint density at radius 2 is 1.73 bits per heavy atom. The van der Waals surface area contributed by atoms with Crippen LogP contribution in [0.2, 0.25) is 0 Å². The Bertz CT molecular complexity index is 451. The van der Waals surface area contributed by atoms with E-state index in [1.165, 1.54) is 0 Å². The maximum Gasteiger partial charge on any atom is 0.130 e. The summed E-state index contributed by atoms with van der Waals surface area (Å²) in [5.74, 6) is 0.205. The van der Waals surface area contributed by atoms with Crippen molar-refractivity contribution in [3.63, 3.8) is 0 Å². The van der Waals surface area contributed by atoms with Gasteiger partial charge in [-0.2, -0.15) is 0 Å². The van der Waals surface area contributed by atoms with E-state index in [1.807, 2.05) is 31.6 Å². The predicted octanol–water partition coefficient (Wildman–Crippen LogP) is 3.66. The zero-order valence-corrected chi connectivity index (χ0v) is 15.6. The molecular formula is C17H33N3O2. The summed E-state index contributed by atoms with van der Waals surface area (Å²) in [5, 5.41) is 8.05. The molecule has 0 aliphatic carbocycles. The smallest absolute Gasteiger partial charge is 0.130 e. The van der Waals surface area contributed by atoms with E-state index in [-0.39, 0.29) is 16.6 Å². The monoisotopic (exact) mass is 311 g/mol. The highest BCUT2D eigenvalue weighted by atomic mass is 16.5. The molecule has 0 unspecified atom stereocenters. The molecule has 1 aromatic heterocycles. The predicted molar refractivity (Wildman–Crippen MR) is 89.8 cm³/mol. The van der Waals surface area contributed by atoms with Gasteiger partial charge < -0.3 is 9.53 Å². The number of aryl methyl sites for hydroxylation is 1. The van der Waals surface area contributed by atoms with Crippen molar-refractivity contribution < 1.29 is 9.53 Å². The number of nitrogens with zero attached hydrogens (tertiary/aromatic N) is 3. The van der Waals surface area contributed by atoms with Gasteiger partial charge in [-0.05, 0) is 19.3 Å². The minimum Gasteiger partial charge on any atom is -0.380 e. The van der Waals surface area contributed by atoms with E-state index in [1.54, 1.807) is 6.92 Å². The van der Waals surface area contributed by atoms with Crippen LogP contribution in [0.15, 0.2) is 6.20 Å². The molecule has 5 nitrogen and oxygen atoms in total. The van der Waals surface area contributed by atoms with Crippen molar-refractivity contribution in [2.45, 2.75) is 68.4 Å². The molecule has 1 rings (SSSR count). The summed E-state index contributed by atoms with van der Waals surface area (Å²) >= 11 is 0. The van der Waals surface area contributed by atoms with Gasteiger partial charge in [0.05, 0.1) is 18.9 Å². The highest BCUT2D eigenvalue weighted by molar-refractivity contribution is 5.76. The minimum atomic E-state index is -0.105. The fourth-order valence-electron chi connectivity index (χ4n) is 2.29. The Morgan fingerprint density at radius 3 is 2.18 bits per heavy atom. The van der Waals surface area contributed by atoms with Crippen LogP contribution in [0, 0.1) is 17.8 Å². The molecule has 0 N–H and O–H groups in total. The van der Waals surface area contributed by atoms with Gasteiger partial charge in [-0.15, -0.1) is 5.10 Å². The van der Waals surface area contributed by atoms with E-state index in [9.17, 15) is 4.79 Å². The van der Waals surface area contributed by atoms with Crippen molar-refractivity contribution in [2.75, 3.05) is 13.2 Å². The molecule has 0 fully saturated rings. The average molecular weight is 311 g/mol. The SMILES string of the molecule is CC.CC(=O)CC(C)(C)COCC(C)(C)Cn1cc(C)nn1. The van der Waals surface area contributed by atoms with E-state index in [0.717, 1.165) is 12.2 Å². The van der Waals surface area contributed by atoms with Crippen molar-refractivity contribution in [3.05, 3.63) is 11.9 Å². The molecule has 0 aliphatic heterocycles. The van der Waals surface area contributed by atoms with Crippen LogP contribution in [0.1, 0.15) is 60.6 Å². The molecule has 22 heavy (non-hydrogen) atoms. The van der Waals surface area contributed by atoms with Crippen LogP contribution in [0.25, 0.3) is 0 Å². The van der Waals surface area contributed by atoms with Crippen LogP contribution in [-0.2, 0) is 16.1 Å². The number of hydrogen-bond donors (Lipinski definition) is 0. The second-order valence-electron chi connectivity index (χ2n) is 7.26. The van der Waals surface area contributed by atoms with Gasteiger partial charge in [0.1, 0.15) is 5.78 Å². The molecule has 0 aromatic carbocycles. The van der Waals surface area contributed by atoms with E-state index < -0.39 is 0 Å². The maximum absolute atomic E-state index is 11.2. The van der Waals surface area contributed by atoms with Crippen LogP contribution in [-0.4, -0.2) is 34.0 Å². The van der Waals surface area contributed by atoms with Crippen LogP contribution >= 0.6 is 0 Å². The highest BCUT2D eigenvalue weighted by Crippen LogP contribution is 2.24. The number of Topliss-reactive ketones (excluding diaryl/α,β-unsaturated/α-hetero) is 1. The van der Waals surface area contributed by atoms with Crippen molar-refractivity contribution in [2.24, 2.45) is 10.8 Å². The number of carbonyl (C=O) groups excluding carboxylic acids is 1. The highest BCUT2D eigenvalue weighted by Gasteiger charge is 2.24. The third kappa shape index (κ3) is 8.93. The first kappa shape index (κ1) is 20.8. The Kier molecular flexibility index (Phi) is 8.53. The third-order valence-electron chi connectivity index (χ3n) is 2.96. The second-order valence-corrected chi connectivity index (χ2v) is 7.26. The average Bonchev–Trinajstić information content (AvgIpc) is 2.74. The molecule has 0 atom stereocenters. The third-order valence-corrected chi connectivity index (χ3v) is 2.96. The van der Waals surface area contributed by atoms with Crippen LogP contribution in [0.4, 0.5) is 0 Å². The molecule has 0 radical (unpaired) electrons. The summed E-state index contributed by atoms with van der Waals surface area (Å²) < 4.78 is 7.68. The molecular weight excluding hydrogens is 278 g/mol. The Labute approximate surface area is 135 Å². The zero-order valence-electron chi connectivity index (χ0n) is 15.6. The van der Waals surface area contributed by atoms with Gasteiger partial charge >= 0.3 is 0 Å². The first-order valence-electron chi connectivity index (χ1n) is 8.04. The molecule has 5 heteroatoms. The quantitative estimate of drug-likeness (QED) is 0.735. The summed E-state index contributed by atoms with van der Waals surface area (Å²) in [7, 11) is 0. The van der Waals surface area contributed by atoms with E-state index in [0.29, 0.717) is 19.6 Å². The number of ether oxygens (including phenoxy) is 1. The van der Waals surface area contributed by atoms with Crippen LogP contribution < -0.4 is 0 Å². The van der Waals surface area contributed by atoms with E-state index in [4.69, 9.17) is 4.74 Å². The van der Waals surface area contributed by atoms with Gasteiger partial charge in [0, 0.05) is 24.6 Å². The van der Waals surface area contributed by atoms with Crippen molar-refractivity contribution in [3.8, 4) is 0 Å². The Hall–Kier alpha value is -1.23. The molecule has 0 bridgehead atoms. The number of carbonyl (C=O) groups is 1. The number of hydrogen-bond acceptors (Lipinski definition) is 4. The maximum atomic E-state index is 11.2. The zero-order chi connectivity index (χ0) is 17.4. The minimum absolute atomic E-state index is 0.0214. The topological polar surface area (TPSA) is 57.0 Å². The van der Waals surface area contributed by atoms with Crippen LogP contribution in [0.3, 0.4) is 0 Å². The lowest BCUT2D eigenvalue weighted by Crippen LogP contribution is -2.29. The first-order chi connectivity index (χ1) is 10.1. The number of rotatable bonds is 8. The summed E-state index contributed by atoms with van der Waals surface area (Å²) in [4.78, 5) is 11.2. The molecule has 0 saturated heterocycles. The first-order valence-corrected chi connectivity index (χ1v) is 8.04. The summed E-state index contributed by atoms with van der Waals surface area (Å²) in [6.07, 6.45) is 2.48. The van der Waals surface area contributed by atoms with Gasteiger partial charge in [0.25, 0.3) is 0 Å². The molecule has 0 amide bonds. The van der Waals surface area contributed by atoms with Crippen LogP contribution in [0.5, 0.6) is 0 Å². The molecule has 1 heterocycles. The summed E-state index contributed by atoms with van der Waals surface area (Å²) in [6.45, 7) is 17.9. The van der Waals surface area contributed by atoms with Crippen molar-refractivity contribution in [1.82, 2.24) is 15.0 Å². The fraction of sp³-hybridized carbons (Fsp3) is 0.824. The van der Waals surface area contributed by atoms with Crippen molar-refractivity contribution in [1.29, 1.82) is 0 Å². The number of aromatic nitrogens is 3. The van der Waals surface area contributed by atoms with E-state index in [2.05, 4.69) is 38.0 Å². The molecule has 0 saturated carbocycles. The lowest BCUT2D eigenvalue weighted by molar-refractivity contribution is -0.120. The Morgan fingerprint density at radius 1 is 1.18 bits per heavy atom. The summed E-state index contributed by atoms with van der Waals surface area (Å²) in [5.41, 5.74) is 0.794. The molecule has 1 aromatic rings. The summed E-state index contributed by atoms with van der Waals surface area (Å²) in [6, 6.07) is 0. The molecule has 0 spiro atoms. The Balaban J connectivity index is 0.00000211. The largest absolute Gasteiger partial charge is 0.380 e. The normalized spacial score (nSPS) is 11.8.